The number of sulfonamides is 1. The van der Waals surface area contributed by atoms with Gasteiger partial charge in [0.25, 0.3) is 10.0 Å². The van der Waals surface area contributed by atoms with Crippen molar-refractivity contribution < 1.29 is 17.9 Å². The molecule has 0 unspecified atom stereocenters. The Morgan fingerprint density at radius 1 is 0.806 bits per heavy atom. The topological polar surface area (TPSA) is 75.7 Å². The second-order valence-electron chi connectivity index (χ2n) is 8.08. The Morgan fingerprint density at radius 2 is 1.44 bits per heavy atom. The highest BCUT2D eigenvalue weighted by molar-refractivity contribution is 7.97. The maximum absolute atomic E-state index is 13.6. The maximum Gasteiger partial charge on any atom is 0.270 e. The summed E-state index contributed by atoms with van der Waals surface area (Å²) in [5.74, 6) is 0.775. The molecule has 0 atom stereocenters. The second-order valence-corrected chi connectivity index (χ2v) is 10.3. The first kappa shape index (κ1) is 23.7. The third-order valence-electron chi connectivity index (χ3n) is 5.65. The van der Waals surface area contributed by atoms with Gasteiger partial charge in [0.15, 0.2) is 4.91 Å². The molecule has 1 heterocycles. The molecule has 4 aromatic rings. The Hall–Kier alpha value is -4.07. The van der Waals surface area contributed by atoms with E-state index >= 15 is 0 Å². The molecule has 0 bridgehead atoms. The predicted octanol–water partition coefficient (Wildman–Crippen LogP) is 6.62. The van der Waals surface area contributed by atoms with E-state index in [-0.39, 0.29) is 11.4 Å². The Morgan fingerprint density at radius 3 is 2.17 bits per heavy atom. The highest BCUT2D eigenvalue weighted by Crippen LogP contribution is 2.36. The summed E-state index contributed by atoms with van der Waals surface area (Å²) in [6.07, 6.45) is 1.25. The lowest BCUT2D eigenvalue weighted by atomic mass is 10.1. The van der Waals surface area contributed by atoms with Gasteiger partial charge >= 0.3 is 0 Å². The van der Waals surface area contributed by atoms with Crippen molar-refractivity contribution in [1.82, 2.24) is 0 Å². The van der Waals surface area contributed by atoms with Crippen molar-refractivity contribution in [2.75, 3.05) is 9.62 Å². The number of anilines is 2. The molecule has 5 rings (SSSR count). The minimum absolute atomic E-state index is 0.0622. The van der Waals surface area contributed by atoms with Crippen molar-refractivity contribution in [3.05, 3.63) is 130 Å². The van der Waals surface area contributed by atoms with Crippen molar-refractivity contribution in [2.24, 2.45) is 0 Å². The summed E-state index contributed by atoms with van der Waals surface area (Å²) in [5.41, 5.74) is 2.01. The molecule has 1 aliphatic heterocycles. The van der Waals surface area contributed by atoms with Crippen LogP contribution in [-0.4, -0.2) is 14.2 Å². The Kier molecular flexibility index (Phi) is 6.50. The van der Waals surface area contributed by atoms with Gasteiger partial charge in [-0.3, -0.25) is 9.10 Å². The van der Waals surface area contributed by atoms with Crippen LogP contribution in [0.1, 0.15) is 15.9 Å². The zero-order chi connectivity index (χ0) is 25.1. The van der Waals surface area contributed by atoms with E-state index in [2.05, 4.69) is 5.32 Å². The molecule has 36 heavy (non-hydrogen) atoms. The number of carbonyl (C=O) groups is 1. The van der Waals surface area contributed by atoms with Crippen LogP contribution in [0.5, 0.6) is 11.5 Å². The molecule has 1 N–H and O–H groups in total. The van der Waals surface area contributed by atoms with Crippen molar-refractivity contribution in [1.29, 1.82) is 0 Å². The Labute approximate surface area is 214 Å². The van der Waals surface area contributed by atoms with Crippen molar-refractivity contribution in [3.63, 3.8) is 0 Å². The smallest absolute Gasteiger partial charge is 0.270 e. The van der Waals surface area contributed by atoms with E-state index in [9.17, 15) is 13.2 Å². The largest absolute Gasteiger partial charge is 0.457 e. The number of Topliss-reactive ketones (excluding diaryl/α,β-unsaturated/α-hetero) is 1. The fourth-order valence-electron chi connectivity index (χ4n) is 3.84. The van der Waals surface area contributed by atoms with Crippen LogP contribution in [0.15, 0.2) is 114 Å². The van der Waals surface area contributed by atoms with Gasteiger partial charge in [-0.2, -0.15) is 0 Å². The van der Waals surface area contributed by atoms with E-state index in [4.69, 9.17) is 16.3 Å². The van der Waals surface area contributed by atoms with E-state index < -0.39 is 15.8 Å². The van der Waals surface area contributed by atoms with E-state index in [0.29, 0.717) is 33.5 Å². The van der Waals surface area contributed by atoms with Crippen molar-refractivity contribution in [3.8, 4) is 11.5 Å². The maximum atomic E-state index is 13.6. The summed E-state index contributed by atoms with van der Waals surface area (Å²) in [5, 5.41) is 3.51. The molecule has 0 saturated heterocycles. The monoisotopic (exact) mass is 516 g/mol. The highest BCUT2D eigenvalue weighted by atomic mass is 35.5. The number of ketones is 1. The molecule has 4 aromatic carbocycles. The zero-order valence-corrected chi connectivity index (χ0v) is 20.5. The van der Waals surface area contributed by atoms with Gasteiger partial charge < -0.3 is 10.1 Å². The average Bonchev–Trinajstić information content (AvgIpc) is 2.89. The molecule has 0 saturated carbocycles. The number of halogens is 1. The van der Waals surface area contributed by atoms with Crippen molar-refractivity contribution in [2.45, 2.75) is 6.54 Å². The minimum atomic E-state index is -4.13. The predicted molar refractivity (Wildman–Crippen MR) is 142 cm³/mol. The van der Waals surface area contributed by atoms with E-state index in [1.807, 2.05) is 30.3 Å². The van der Waals surface area contributed by atoms with Crippen LogP contribution < -0.4 is 14.4 Å². The number of carbonyl (C=O) groups excluding carboxylic acids is 1. The van der Waals surface area contributed by atoms with E-state index in [1.54, 1.807) is 72.8 Å². The molecule has 8 heteroatoms. The molecule has 1 aliphatic rings. The highest BCUT2D eigenvalue weighted by Gasteiger charge is 2.40. The lowest BCUT2D eigenvalue weighted by molar-refractivity contribution is 0.104. The van der Waals surface area contributed by atoms with E-state index in [1.165, 1.54) is 10.5 Å². The average molecular weight is 517 g/mol. The van der Waals surface area contributed by atoms with Crippen LogP contribution in [0, 0.1) is 0 Å². The number of allylic oxidation sites excluding steroid dienone is 1. The number of nitrogens with zero attached hydrogens (tertiary/aromatic N) is 1. The fraction of sp³-hybridized carbons (Fsp3) is 0.0357. The van der Waals surface area contributed by atoms with Crippen LogP contribution in [0.4, 0.5) is 11.4 Å². The number of ether oxygens (including phenoxy) is 1. The first-order valence-corrected chi connectivity index (χ1v) is 12.9. The van der Waals surface area contributed by atoms with Gasteiger partial charge in [0, 0.05) is 22.5 Å². The molecule has 0 fully saturated rings. The number of fused-ring (bicyclic) bond motifs is 1. The molecule has 0 radical (unpaired) electrons. The van der Waals surface area contributed by atoms with Gasteiger partial charge in [0.05, 0.1) is 12.2 Å². The lowest BCUT2D eigenvalue weighted by Crippen LogP contribution is -2.39. The van der Waals surface area contributed by atoms with Gasteiger partial charge in [-0.05, 0) is 66.2 Å². The molecular weight excluding hydrogens is 496 g/mol. The van der Waals surface area contributed by atoms with Gasteiger partial charge in [0.1, 0.15) is 11.5 Å². The summed E-state index contributed by atoms with van der Waals surface area (Å²) in [7, 11) is -4.13. The zero-order valence-electron chi connectivity index (χ0n) is 19.0. The molecular formula is C28H21ClN2O4S. The Bertz CT molecular complexity index is 1540. The van der Waals surface area contributed by atoms with Crippen LogP contribution >= 0.6 is 11.6 Å². The SMILES string of the molecule is O=C1C(=CNc2ccc(Oc3ccccc3)cc2)S(=O)(=O)N(Cc2ccc(Cl)cc2)c2ccccc21. The van der Waals surface area contributed by atoms with Crippen LogP contribution in [0.25, 0.3) is 0 Å². The quantitative estimate of drug-likeness (QED) is 0.291. The lowest BCUT2D eigenvalue weighted by Gasteiger charge is -2.31. The number of benzene rings is 4. The molecule has 0 aromatic heterocycles. The molecule has 0 aliphatic carbocycles. The summed E-state index contributed by atoms with van der Waals surface area (Å²) in [4.78, 5) is 12.9. The summed E-state index contributed by atoms with van der Waals surface area (Å²) in [6.45, 7) is 0.0622. The summed E-state index contributed by atoms with van der Waals surface area (Å²) >= 11 is 5.98. The van der Waals surface area contributed by atoms with Crippen LogP contribution in [-0.2, 0) is 16.6 Å². The molecule has 0 spiro atoms. The number of rotatable bonds is 6. The summed E-state index contributed by atoms with van der Waals surface area (Å²) in [6, 6.07) is 30.0. The minimum Gasteiger partial charge on any atom is -0.457 e. The molecule has 180 valence electrons. The number of para-hydroxylation sites is 2. The fourth-order valence-corrected chi connectivity index (χ4v) is 5.49. The van der Waals surface area contributed by atoms with Gasteiger partial charge in [0.2, 0.25) is 5.78 Å². The first-order valence-electron chi connectivity index (χ1n) is 11.1. The van der Waals surface area contributed by atoms with E-state index in [0.717, 1.165) is 5.56 Å². The second kappa shape index (κ2) is 9.89. The van der Waals surface area contributed by atoms with Gasteiger partial charge in [-0.15, -0.1) is 0 Å². The number of hydrogen-bond acceptors (Lipinski definition) is 5. The van der Waals surface area contributed by atoms with Gasteiger partial charge in [-0.25, -0.2) is 8.42 Å². The summed E-state index contributed by atoms with van der Waals surface area (Å²) < 4.78 is 34.2. The van der Waals surface area contributed by atoms with Gasteiger partial charge in [-0.1, -0.05) is 54.1 Å². The first-order chi connectivity index (χ1) is 17.4. The standard InChI is InChI=1S/C28H21ClN2O4S/c29-21-12-10-20(11-13-21)19-31-26-9-5-4-8-25(26)28(32)27(36(31,33)34)18-30-22-14-16-24(17-15-22)35-23-6-2-1-3-7-23/h1-18,30H,19H2. The van der Waals surface area contributed by atoms with Crippen molar-refractivity contribution >= 4 is 38.8 Å². The third-order valence-corrected chi connectivity index (χ3v) is 7.67. The third kappa shape index (κ3) is 4.84. The normalized spacial score (nSPS) is 15.4. The van der Waals surface area contributed by atoms with Crippen LogP contribution in [0.2, 0.25) is 5.02 Å². The molecule has 0 amide bonds. The number of nitrogens with one attached hydrogen (secondary N) is 1. The number of hydrogen-bond donors (Lipinski definition) is 1. The molecule has 6 nitrogen and oxygen atoms in total. The Balaban J connectivity index is 1.42. The van der Waals surface area contributed by atoms with Crippen LogP contribution in [0.3, 0.4) is 0 Å².